The molecule has 0 aromatic heterocycles. The molecule has 0 aliphatic heterocycles. The monoisotopic (exact) mass is 336 g/mol. The Morgan fingerprint density at radius 2 is 1.52 bits per heavy atom. The molecule has 124 valence electrons. The van der Waals surface area contributed by atoms with Crippen LogP contribution < -0.4 is 4.74 Å². The maximum absolute atomic E-state index is 12.9. The molecule has 2 aliphatic rings. The zero-order chi connectivity index (χ0) is 17.9. The fourth-order valence-electron chi connectivity index (χ4n) is 3.22. The number of ether oxygens (including phenoxy) is 1. The molecule has 0 heterocycles. The van der Waals surface area contributed by atoms with Crippen LogP contribution in [-0.2, 0) is 0 Å². The molecule has 0 radical (unpaired) electrons. The summed E-state index contributed by atoms with van der Waals surface area (Å²) in [7, 11) is 1.25. The Morgan fingerprint density at radius 3 is 2.24 bits per heavy atom. The third-order valence-electron chi connectivity index (χ3n) is 4.42. The van der Waals surface area contributed by atoms with E-state index in [1.54, 1.807) is 30.3 Å². The van der Waals surface area contributed by atoms with Gasteiger partial charge in [0.05, 0.1) is 12.7 Å². The van der Waals surface area contributed by atoms with Crippen LogP contribution in [0.3, 0.4) is 0 Å². The lowest BCUT2D eigenvalue weighted by Crippen LogP contribution is -2.22. The van der Waals surface area contributed by atoms with Gasteiger partial charge >= 0.3 is 0 Å². The minimum Gasteiger partial charge on any atom is -0.504 e. The average molecular weight is 336 g/mol. The molecular weight excluding hydrogens is 324 g/mol. The van der Waals surface area contributed by atoms with Crippen molar-refractivity contribution < 1.29 is 29.6 Å². The number of fused-ring (bicyclic) bond motifs is 3. The molecule has 4 rings (SSSR count). The first-order chi connectivity index (χ1) is 12.0. The van der Waals surface area contributed by atoms with Gasteiger partial charge in [0.25, 0.3) is 0 Å². The lowest BCUT2D eigenvalue weighted by molar-refractivity contribution is 0.0992. The second-order valence-corrected chi connectivity index (χ2v) is 5.73. The molecule has 25 heavy (non-hydrogen) atoms. The molecule has 6 heteroatoms. The van der Waals surface area contributed by atoms with Crippen LogP contribution in [-0.4, -0.2) is 34.0 Å². The largest absolute Gasteiger partial charge is 0.504 e. The molecule has 2 aliphatic carbocycles. The van der Waals surface area contributed by atoms with Crippen molar-refractivity contribution in [1.82, 2.24) is 0 Å². The number of Topliss-reactive ketones (excluding diaryl/α,β-unsaturated/α-hetero) is 2. The third kappa shape index (κ3) is 1.85. The molecular formula is C19H12O6. The van der Waals surface area contributed by atoms with Gasteiger partial charge in [-0.05, 0) is 17.7 Å². The van der Waals surface area contributed by atoms with E-state index in [2.05, 4.69) is 0 Å². The van der Waals surface area contributed by atoms with Gasteiger partial charge in [0.1, 0.15) is 0 Å². The summed E-state index contributed by atoms with van der Waals surface area (Å²) in [6.45, 7) is 0. The van der Waals surface area contributed by atoms with Gasteiger partial charge in [0.2, 0.25) is 11.5 Å². The molecule has 0 spiro atoms. The summed E-state index contributed by atoms with van der Waals surface area (Å²) in [5.74, 6) is -3.43. The number of rotatable bonds is 1. The first-order valence-electron chi connectivity index (χ1n) is 7.42. The number of allylic oxidation sites excluding steroid dienone is 2. The van der Waals surface area contributed by atoms with Crippen LogP contribution in [0.5, 0.6) is 23.0 Å². The zero-order valence-corrected chi connectivity index (χ0v) is 13.0. The number of benzene rings is 2. The number of methoxy groups -OCH3 is 1. The summed E-state index contributed by atoms with van der Waals surface area (Å²) in [5, 5.41) is 30.0. The Morgan fingerprint density at radius 1 is 0.840 bits per heavy atom. The number of phenols is 3. The highest BCUT2D eigenvalue weighted by Gasteiger charge is 2.37. The molecule has 2 aromatic carbocycles. The van der Waals surface area contributed by atoms with Crippen molar-refractivity contribution in [3.63, 3.8) is 0 Å². The Balaban J connectivity index is 2.08. The number of carbonyl (C=O) groups excluding carboxylic acids is 2. The van der Waals surface area contributed by atoms with E-state index in [-0.39, 0.29) is 33.8 Å². The molecule has 0 fully saturated rings. The standard InChI is InChI=1S/C19H12O6/c1-25-19-12-7-11-10(6-8-4-2-3-5-9(8)14(11)20)15(21)13(12)16(22)17(23)18(19)24/h2-7,22-24H,1H3. The van der Waals surface area contributed by atoms with Crippen molar-refractivity contribution in [2.45, 2.75) is 0 Å². The second kappa shape index (κ2) is 4.98. The second-order valence-electron chi connectivity index (χ2n) is 5.73. The Bertz CT molecular complexity index is 1040. The van der Waals surface area contributed by atoms with Gasteiger partial charge in [-0.25, -0.2) is 0 Å². The number of carbonyl (C=O) groups is 2. The van der Waals surface area contributed by atoms with Crippen LogP contribution in [0.25, 0.3) is 12.2 Å². The van der Waals surface area contributed by atoms with Crippen molar-refractivity contribution in [2.75, 3.05) is 7.11 Å². The van der Waals surface area contributed by atoms with E-state index >= 15 is 0 Å². The van der Waals surface area contributed by atoms with Crippen molar-refractivity contribution >= 4 is 23.7 Å². The van der Waals surface area contributed by atoms with Crippen LogP contribution >= 0.6 is 0 Å². The molecule has 0 saturated heterocycles. The molecule has 3 N–H and O–H groups in total. The molecule has 2 aromatic rings. The Hall–Kier alpha value is -3.54. The minimum absolute atomic E-state index is 0.0557. The highest BCUT2D eigenvalue weighted by Crippen LogP contribution is 2.51. The number of ketones is 2. The Kier molecular flexibility index (Phi) is 2.99. The van der Waals surface area contributed by atoms with Gasteiger partial charge in [-0.3, -0.25) is 9.59 Å². The predicted octanol–water partition coefficient (Wildman–Crippen LogP) is 2.67. The molecule has 0 unspecified atom stereocenters. The van der Waals surface area contributed by atoms with Crippen molar-refractivity contribution in [3.8, 4) is 23.0 Å². The third-order valence-corrected chi connectivity index (χ3v) is 4.42. The number of hydrogen-bond donors (Lipinski definition) is 3. The maximum atomic E-state index is 12.9. The molecule has 0 bridgehead atoms. The average Bonchev–Trinajstić information content (AvgIpc) is 2.61. The summed E-state index contributed by atoms with van der Waals surface area (Å²) in [5.41, 5.74) is 1.18. The normalized spacial score (nSPS) is 14.9. The molecule has 0 saturated carbocycles. The summed E-state index contributed by atoms with van der Waals surface area (Å²) in [6, 6.07) is 6.86. The van der Waals surface area contributed by atoms with E-state index in [4.69, 9.17) is 4.74 Å². The van der Waals surface area contributed by atoms with Gasteiger partial charge in [-0.1, -0.05) is 24.3 Å². The summed E-state index contributed by atoms with van der Waals surface area (Å²) < 4.78 is 5.06. The summed E-state index contributed by atoms with van der Waals surface area (Å²) in [4.78, 5) is 25.7. The lowest BCUT2D eigenvalue weighted by Gasteiger charge is -2.25. The molecule has 6 nitrogen and oxygen atoms in total. The fourth-order valence-corrected chi connectivity index (χ4v) is 3.22. The summed E-state index contributed by atoms with van der Waals surface area (Å²) >= 11 is 0. The fraction of sp³-hybridized carbons (Fsp3) is 0.0526. The van der Waals surface area contributed by atoms with Crippen molar-refractivity contribution in [3.05, 3.63) is 57.7 Å². The van der Waals surface area contributed by atoms with Crippen molar-refractivity contribution in [1.29, 1.82) is 0 Å². The van der Waals surface area contributed by atoms with Gasteiger partial charge in [0, 0.05) is 22.3 Å². The molecule has 0 amide bonds. The van der Waals surface area contributed by atoms with Gasteiger partial charge in [-0.15, -0.1) is 0 Å². The van der Waals surface area contributed by atoms with E-state index in [0.29, 0.717) is 11.1 Å². The van der Waals surface area contributed by atoms with E-state index in [9.17, 15) is 24.9 Å². The molecule has 0 atom stereocenters. The van der Waals surface area contributed by atoms with E-state index in [1.807, 2.05) is 0 Å². The van der Waals surface area contributed by atoms with E-state index in [1.165, 1.54) is 13.2 Å². The zero-order valence-electron chi connectivity index (χ0n) is 13.0. The minimum atomic E-state index is -0.844. The van der Waals surface area contributed by atoms with Crippen LogP contribution in [0.15, 0.2) is 35.4 Å². The van der Waals surface area contributed by atoms with Crippen LogP contribution in [0.1, 0.15) is 31.8 Å². The van der Waals surface area contributed by atoms with E-state index < -0.39 is 23.0 Å². The SMILES string of the molecule is COc1c(O)c(O)c(O)c2c1C=C1C(=O)c3ccccc3C=C1C2=O. The summed E-state index contributed by atoms with van der Waals surface area (Å²) in [6.07, 6.45) is 2.96. The van der Waals surface area contributed by atoms with Gasteiger partial charge in [0.15, 0.2) is 23.1 Å². The van der Waals surface area contributed by atoms with E-state index in [0.717, 1.165) is 0 Å². The smallest absolute Gasteiger partial charge is 0.205 e. The number of aromatic hydroxyl groups is 3. The Labute approximate surface area is 141 Å². The van der Waals surface area contributed by atoms with Crippen molar-refractivity contribution in [2.24, 2.45) is 0 Å². The maximum Gasteiger partial charge on any atom is 0.205 e. The first kappa shape index (κ1) is 15.0. The topological polar surface area (TPSA) is 104 Å². The lowest BCUT2D eigenvalue weighted by atomic mass is 9.78. The quantitative estimate of drug-likeness (QED) is 0.692. The number of phenolic OH excluding ortho intramolecular Hbond substituents is 3. The van der Waals surface area contributed by atoms with Crippen LogP contribution in [0, 0.1) is 0 Å². The van der Waals surface area contributed by atoms with Crippen LogP contribution in [0.4, 0.5) is 0 Å². The number of hydrogen-bond acceptors (Lipinski definition) is 6. The highest BCUT2D eigenvalue weighted by molar-refractivity contribution is 6.33. The van der Waals surface area contributed by atoms with Gasteiger partial charge in [-0.2, -0.15) is 0 Å². The highest BCUT2D eigenvalue weighted by atomic mass is 16.5. The predicted molar refractivity (Wildman–Crippen MR) is 89.0 cm³/mol. The van der Waals surface area contributed by atoms with Gasteiger partial charge < -0.3 is 20.1 Å². The van der Waals surface area contributed by atoms with Crippen LogP contribution in [0.2, 0.25) is 0 Å². The first-order valence-corrected chi connectivity index (χ1v) is 7.42.